The fraction of sp³-hybridized carbons (Fsp3) is 0.385. The minimum Gasteiger partial charge on any atom is -0.338 e. The van der Waals surface area contributed by atoms with Gasteiger partial charge in [-0.25, -0.2) is 9.67 Å². The molecule has 8 heteroatoms. The van der Waals surface area contributed by atoms with Crippen molar-refractivity contribution in [2.24, 2.45) is 10.9 Å². The van der Waals surface area contributed by atoms with Crippen LogP contribution in [0, 0.1) is 12.8 Å². The topological polar surface area (TPSA) is 86.6 Å². The van der Waals surface area contributed by atoms with Crippen molar-refractivity contribution in [3.63, 3.8) is 0 Å². The monoisotopic (exact) mass is 460 g/mol. The molecule has 1 fully saturated rings. The summed E-state index contributed by atoms with van der Waals surface area (Å²) in [5, 5.41) is 3.00. The van der Waals surface area contributed by atoms with Crippen LogP contribution in [-0.2, 0) is 6.54 Å². The number of nitrogens with zero attached hydrogens (tertiary/aromatic N) is 5. The lowest BCUT2D eigenvalue weighted by molar-refractivity contribution is 0.0784. The largest absolute Gasteiger partial charge is 0.338 e. The molecule has 1 amide bonds. The van der Waals surface area contributed by atoms with Crippen LogP contribution in [0.15, 0.2) is 52.5 Å². The lowest BCUT2D eigenvalue weighted by Gasteiger charge is -2.20. The molecule has 1 unspecified atom stereocenters. The quantitative estimate of drug-likeness (QED) is 0.523. The highest BCUT2D eigenvalue weighted by atomic mass is 16.2. The molecule has 0 spiro atoms. The number of hydrogen-bond donors (Lipinski definition) is 1. The maximum Gasteiger partial charge on any atom is 0.280 e. The number of amides is 1. The van der Waals surface area contributed by atoms with Crippen LogP contribution < -0.4 is 5.56 Å². The molecule has 3 aromatic rings. The minimum atomic E-state index is -0.188. The molecule has 1 aliphatic rings. The van der Waals surface area contributed by atoms with Crippen molar-refractivity contribution in [2.45, 2.75) is 26.8 Å². The van der Waals surface area contributed by atoms with E-state index < -0.39 is 0 Å². The molecule has 1 N–H and O–H groups in total. The Balaban J connectivity index is 1.49. The highest BCUT2D eigenvalue weighted by Crippen LogP contribution is 2.23. The van der Waals surface area contributed by atoms with Gasteiger partial charge in [0.25, 0.3) is 11.5 Å². The highest BCUT2D eigenvalue weighted by Gasteiger charge is 2.27. The van der Waals surface area contributed by atoms with Gasteiger partial charge in [0.2, 0.25) is 0 Å². The number of carbonyl (C=O) groups is 1. The summed E-state index contributed by atoms with van der Waals surface area (Å²) in [7, 11) is 2.11. The third-order valence-corrected chi connectivity index (χ3v) is 6.55. The second-order valence-electron chi connectivity index (χ2n) is 9.02. The average molecular weight is 461 g/mol. The zero-order chi connectivity index (χ0) is 24.2. The first-order chi connectivity index (χ1) is 16.4. The summed E-state index contributed by atoms with van der Waals surface area (Å²) in [4.78, 5) is 38.5. The fourth-order valence-corrected chi connectivity index (χ4v) is 4.55. The van der Waals surface area contributed by atoms with Crippen molar-refractivity contribution in [1.82, 2.24) is 24.6 Å². The van der Waals surface area contributed by atoms with Gasteiger partial charge < -0.3 is 9.80 Å². The molecular formula is C26H32N6O2. The Bertz CT molecular complexity index is 1230. The number of aryl methyl sites for hydroxylation is 1. The number of nitrogens with one attached hydrogen (secondary N) is 1. The minimum absolute atomic E-state index is 0.00930. The van der Waals surface area contributed by atoms with Crippen LogP contribution in [0.3, 0.4) is 0 Å². The van der Waals surface area contributed by atoms with Crippen molar-refractivity contribution >= 4 is 12.6 Å². The molecule has 4 rings (SSSR count). The summed E-state index contributed by atoms with van der Waals surface area (Å²) < 4.78 is 1.40. The van der Waals surface area contributed by atoms with E-state index in [1.54, 1.807) is 24.5 Å². The molecule has 0 radical (unpaired) electrons. The zero-order valence-corrected chi connectivity index (χ0v) is 20.1. The zero-order valence-electron chi connectivity index (χ0n) is 20.1. The van der Waals surface area contributed by atoms with Crippen molar-refractivity contribution < 1.29 is 4.79 Å². The number of aromatic nitrogens is 3. The van der Waals surface area contributed by atoms with Crippen LogP contribution >= 0.6 is 0 Å². The lowest BCUT2D eigenvalue weighted by atomic mass is 10.0. The van der Waals surface area contributed by atoms with Gasteiger partial charge in [-0.3, -0.25) is 19.7 Å². The van der Waals surface area contributed by atoms with E-state index in [0.717, 1.165) is 49.3 Å². The van der Waals surface area contributed by atoms with Crippen LogP contribution in [0.1, 0.15) is 34.8 Å². The Morgan fingerprint density at radius 1 is 1.29 bits per heavy atom. The Morgan fingerprint density at radius 2 is 2.12 bits per heavy atom. The molecular weight excluding hydrogens is 428 g/mol. The molecule has 34 heavy (non-hydrogen) atoms. The molecule has 0 bridgehead atoms. The smallest absolute Gasteiger partial charge is 0.280 e. The maximum absolute atomic E-state index is 13.1. The van der Waals surface area contributed by atoms with E-state index in [1.165, 1.54) is 4.68 Å². The summed E-state index contributed by atoms with van der Waals surface area (Å²) >= 11 is 0. The van der Waals surface area contributed by atoms with E-state index in [2.05, 4.69) is 40.7 Å². The molecule has 1 aliphatic heterocycles. The molecule has 1 aromatic carbocycles. The van der Waals surface area contributed by atoms with Gasteiger partial charge in [-0.1, -0.05) is 25.1 Å². The summed E-state index contributed by atoms with van der Waals surface area (Å²) in [6.07, 6.45) is 4.26. The van der Waals surface area contributed by atoms with E-state index in [9.17, 15) is 9.59 Å². The van der Waals surface area contributed by atoms with E-state index in [1.807, 2.05) is 30.0 Å². The molecule has 1 saturated heterocycles. The first-order valence-corrected chi connectivity index (χ1v) is 11.7. The molecule has 0 saturated carbocycles. The number of rotatable bonds is 8. The average Bonchev–Trinajstić information content (AvgIpc) is 3.46. The molecule has 178 valence electrons. The number of pyridine rings is 1. The third kappa shape index (κ3) is 4.87. The first-order valence-electron chi connectivity index (χ1n) is 11.7. The van der Waals surface area contributed by atoms with Crippen LogP contribution in [-0.4, -0.2) is 70.4 Å². The summed E-state index contributed by atoms with van der Waals surface area (Å²) in [6.45, 7) is 11.7. The highest BCUT2D eigenvalue weighted by molar-refractivity contribution is 5.94. The van der Waals surface area contributed by atoms with Gasteiger partial charge in [0, 0.05) is 32.0 Å². The predicted molar refractivity (Wildman–Crippen MR) is 135 cm³/mol. The second-order valence-corrected chi connectivity index (χ2v) is 9.02. The lowest BCUT2D eigenvalue weighted by Crippen LogP contribution is -2.31. The number of benzene rings is 1. The number of carbonyl (C=O) groups excluding carboxylic acids is 1. The molecule has 8 nitrogen and oxygen atoms in total. The van der Waals surface area contributed by atoms with Crippen molar-refractivity contribution in [3.8, 4) is 16.9 Å². The Morgan fingerprint density at radius 3 is 2.79 bits per heavy atom. The molecule has 1 atom stereocenters. The SMILES string of the molecule is C=NCc1ccc(-c2c[nH]n(-c3ccc(C(=O)N4CCC(CN(C)CC)C4)cn3)c2=O)c(C)c1. The summed E-state index contributed by atoms with van der Waals surface area (Å²) in [5.74, 6) is 0.939. The standard InChI is InChI=1S/C26H32N6O2/c1-5-30(4)16-20-10-11-31(17-20)25(33)21-7-9-24(28-14-21)32-26(34)23(15-29-32)22-8-6-19(13-27-3)12-18(22)2/h6-9,12,14-15,20,29H,3,5,10-11,13,16-17H2,1-2,4H3. The van der Waals surface area contributed by atoms with Crippen LogP contribution in [0.2, 0.25) is 0 Å². The number of likely N-dealkylation sites (tertiary alicyclic amines) is 1. The molecule has 3 heterocycles. The normalized spacial score (nSPS) is 15.8. The third-order valence-electron chi connectivity index (χ3n) is 6.55. The second kappa shape index (κ2) is 10.2. The summed E-state index contributed by atoms with van der Waals surface area (Å²) in [6, 6.07) is 9.35. The molecule has 2 aromatic heterocycles. The number of aromatic amines is 1. The Labute approximate surface area is 199 Å². The van der Waals surface area contributed by atoms with Crippen molar-refractivity contribution in [3.05, 3.63) is 69.8 Å². The van der Waals surface area contributed by atoms with Gasteiger partial charge in [0.15, 0.2) is 5.82 Å². The van der Waals surface area contributed by atoms with Gasteiger partial charge in [-0.05, 0) is 68.4 Å². The fourth-order valence-electron chi connectivity index (χ4n) is 4.55. The first kappa shape index (κ1) is 23.6. The predicted octanol–water partition coefficient (Wildman–Crippen LogP) is 3.15. The van der Waals surface area contributed by atoms with E-state index in [-0.39, 0.29) is 11.5 Å². The van der Waals surface area contributed by atoms with Crippen LogP contribution in [0.4, 0.5) is 0 Å². The van der Waals surface area contributed by atoms with Gasteiger partial charge in [-0.15, -0.1) is 0 Å². The number of aliphatic imine (C=N–C) groups is 1. The molecule has 0 aliphatic carbocycles. The van der Waals surface area contributed by atoms with E-state index >= 15 is 0 Å². The van der Waals surface area contributed by atoms with Crippen molar-refractivity contribution in [2.75, 3.05) is 33.2 Å². The number of H-pyrrole nitrogens is 1. The van der Waals surface area contributed by atoms with Crippen molar-refractivity contribution in [1.29, 1.82) is 0 Å². The Hall–Kier alpha value is -3.52. The van der Waals surface area contributed by atoms with Crippen LogP contribution in [0.25, 0.3) is 16.9 Å². The van der Waals surface area contributed by atoms with Gasteiger partial charge in [0.1, 0.15) is 0 Å². The summed E-state index contributed by atoms with van der Waals surface area (Å²) in [5.41, 5.74) is 3.82. The maximum atomic E-state index is 13.1. The van der Waals surface area contributed by atoms with Gasteiger partial charge >= 0.3 is 0 Å². The van der Waals surface area contributed by atoms with Gasteiger partial charge in [-0.2, -0.15) is 0 Å². The van der Waals surface area contributed by atoms with Gasteiger partial charge in [0.05, 0.1) is 17.7 Å². The van der Waals surface area contributed by atoms with Crippen LogP contribution in [0.5, 0.6) is 0 Å². The van der Waals surface area contributed by atoms with E-state index in [0.29, 0.717) is 29.4 Å². The number of hydrogen-bond acceptors (Lipinski definition) is 5. The van der Waals surface area contributed by atoms with E-state index in [4.69, 9.17) is 0 Å². The Kier molecular flexibility index (Phi) is 7.07.